The lowest BCUT2D eigenvalue weighted by molar-refractivity contribution is 0.0647. The molecule has 3 amide bonds. The third-order valence-electron chi connectivity index (χ3n) is 5.67. The van der Waals surface area contributed by atoms with Crippen LogP contribution in [0, 0.1) is 5.92 Å². The van der Waals surface area contributed by atoms with Crippen LogP contribution in [0.15, 0.2) is 42.5 Å². The summed E-state index contributed by atoms with van der Waals surface area (Å²) in [5.74, 6) is -0.545. The van der Waals surface area contributed by atoms with E-state index in [1.165, 1.54) is 11.0 Å². The number of hydrogen-bond donors (Lipinski definition) is 1. The standard InChI is InChI=1S/C24H27N3O4/c1-16(2)9-10-27-23(29)18-8-7-17(15-19(18)24(27)30)22(28)25-20-5-3-4-6-21(20)26-11-13-31-14-12-26/h3-8,15-16H,9-14H2,1-2H3,(H,25,28). The van der Waals surface area contributed by atoms with E-state index in [2.05, 4.69) is 24.1 Å². The average Bonchev–Trinajstić information content (AvgIpc) is 3.02. The van der Waals surface area contributed by atoms with E-state index in [1.807, 2.05) is 24.3 Å². The third-order valence-corrected chi connectivity index (χ3v) is 5.67. The van der Waals surface area contributed by atoms with Gasteiger partial charge in [0, 0.05) is 25.2 Å². The first-order valence-corrected chi connectivity index (χ1v) is 10.7. The van der Waals surface area contributed by atoms with Crippen molar-refractivity contribution in [3.05, 3.63) is 59.2 Å². The fourth-order valence-electron chi connectivity index (χ4n) is 3.88. The van der Waals surface area contributed by atoms with Gasteiger partial charge in [-0.3, -0.25) is 19.3 Å². The fourth-order valence-corrected chi connectivity index (χ4v) is 3.88. The molecule has 0 aromatic heterocycles. The Morgan fingerprint density at radius 2 is 1.74 bits per heavy atom. The average molecular weight is 421 g/mol. The molecular formula is C24H27N3O4. The molecule has 0 bridgehead atoms. The van der Waals surface area contributed by atoms with Crippen LogP contribution in [0.4, 0.5) is 11.4 Å². The Morgan fingerprint density at radius 1 is 1.03 bits per heavy atom. The van der Waals surface area contributed by atoms with Crippen LogP contribution in [0.5, 0.6) is 0 Å². The molecule has 1 N–H and O–H groups in total. The minimum Gasteiger partial charge on any atom is -0.378 e. The molecule has 7 nitrogen and oxygen atoms in total. The number of hydrogen-bond acceptors (Lipinski definition) is 5. The predicted octanol–water partition coefficient (Wildman–Crippen LogP) is 3.42. The van der Waals surface area contributed by atoms with Crippen molar-refractivity contribution in [3.63, 3.8) is 0 Å². The van der Waals surface area contributed by atoms with Crippen molar-refractivity contribution < 1.29 is 19.1 Å². The Labute approximate surface area is 182 Å². The van der Waals surface area contributed by atoms with Gasteiger partial charge in [-0.1, -0.05) is 26.0 Å². The number of carbonyl (C=O) groups is 3. The quantitative estimate of drug-likeness (QED) is 0.723. The topological polar surface area (TPSA) is 79.0 Å². The Balaban J connectivity index is 1.53. The highest BCUT2D eigenvalue weighted by molar-refractivity contribution is 6.22. The van der Waals surface area contributed by atoms with Gasteiger partial charge < -0.3 is 15.0 Å². The van der Waals surface area contributed by atoms with Crippen molar-refractivity contribution in [2.45, 2.75) is 20.3 Å². The van der Waals surface area contributed by atoms with Crippen LogP contribution in [0.3, 0.4) is 0 Å². The van der Waals surface area contributed by atoms with E-state index >= 15 is 0 Å². The van der Waals surface area contributed by atoms with Gasteiger partial charge in [-0.2, -0.15) is 0 Å². The van der Waals surface area contributed by atoms with Crippen LogP contribution in [0.25, 0.3) is 0 Å². The van der Waals surface area contributed by atoms with Crippen LogP contribution >= 0.6 is 0 Å². The highest BCUT2D eigenvalue weighted by Gasteiger charge is 2.35. The molecule has 0 aliphatic carbocycles. The van der Waals surface area contributed by atoms with Gasteiger partial charge in [0.25, 0.3) is 17.7 Å². The first-order valence-electron chi connectivity index (χ1n) is 10.7. The van der Waals surface area contributed by atoms with E-state index in [9.17, 15) is 14.4 Å². The van der Waals surface area contributed by atoms with E-state index in [1.54, 1.807) is 12.1 Å². The summed E-state index contributed by atoms with van der Waals surface area (Å²) in [6.07, 6.45) is 0.747. The molecule has 2 aromatic carbocycles. The fraction of sp³-hybridized carbons (Fsp3) is 0.375. The predicted molar refractivity (Wildman–Crippen MR) is 119 cm³/mol. The zero-order valence-electron chi connectivity index (χ0n) is 17.9. The first kappa shape index (κ1) is 21.1. The number of para-hydroxylation sites is 2. The molecule has 0 atom stereocenters. The van der Waals surface area contributed by atoms with Crippen molar-refractivity contribution in [2.75, 3.05) is 43.1 Å². The molecule has 0 saturated carbocycles. The lowest BCUT2D eigenvalue weighted by Gasteiger charge is -2.30. The van der Waals surface area contributed by atoms with Gasteiger partial charge in [0.1, 0.15) is 0 Å². The van der Waals surface area contributed by atoms with Crippen molar-refractivity contribution >= 4 is 29.1 Å². The molecule has 0 spiro atoms. The second-order valence-corrected chi connectivity index (χ2v) is 8.28. The lowest BCUT2D eigenvalue weighted by atomic mass is 10.1. The molecule has 1 saturated heterocycles. The number of amides is 3. The van der Waals surface area contributed by atoms with Crippen LogP contribution in [-0.2, 0) is 4.74 Å². The van der Waals surface area contributed by atoms with Gasteiger partial charge in [0.2, 0.25) is 0 Å². The van der Waals surface area contributed by atoms with Crippen LogP contribution < -0.4 is 10.2 Å². The Bertz CT molecular complexity index is 1010. The first-order chi connectivity index (χ1) is 15.0. The van der Waals surface area contributed by atoms with Crippen molar-refractivity contribution in [1.82, 2.24) is 4.90 Å². The number of ether oxygens (including phenoxy) is 1. The summed E-state index contributed by atoms with van der Waals surface area (Å²) in [6.45, 7) is 7.30. The monoisotopic (exact) mass is 421 g/mol. The molecule has 0 radical (unpaired) electrons. The second-order valence-electron chi connectivity index (χ2n) is 8.28. The van der Waals surface area contributed by atoms with E-state index in [4.69, 9.17) is 4.74 Å². The highest BCUT2D eigenvalue weighted by Crippen LogP contribution is 2.28. The number of imide groups is 1. The van der Waals surface area contributed by atoms with E-state index in [-0.39, 0.29) is 17.7 Å². The minimum atomic E-state index is -0.330. The van der Waals surface area contributed by atoms with Crippen LogP contribution in [-0.4, -0.2) is 55.5 Å². The van der Waals surface area contributed by atoms with Crippen molar-refractivity contribution in [1.29, 1.82) is 0 Å². The van der Waals surface area contributed by atoms with E-state index < -0.39 is 0 Å². The molecule has 2 aromatic rings. The number of anilines is 2. The number of carbonyl (C=O) groups excluding carboxylic acids is 3. The summed E-state index contributed by atoms with van der Waals surface area (Å²) < 4.78 is 5.42. The lowest BCUT2D eigenvalue weighted by Crippen LogP contribution is -2.36. The number of morpholine rings is 1. The summed E-state index contributed by atoms with van der Waals surface area (Å²) >= 11 is 0. The SMILES string of the molecule is CC(C)CCN1C(=O)c2ccc(C(=O)Nc3ccccc3N3CCOCC3)cc2C1=O. The molecular weight excluding hydrogens is 394 g/mol. The van der Waals surface area contributed by atoms with Crippen LogP contribution in [0.1, 0.15) is 51.3 Å². The summed E-state index contributed by atoms with van der Waals surface area (Å²) in [7, 11) is 0. The second kappa shape index (κ2) is 8.89. The summed E-state index contributed by atoms with van der Waals surface area (Å²) in [4.78, 5) is 41.8. The molecule has 2 aliphatic heterocycles. The molecule has 2 aliphatic rings. The molecule has 2 heterocycles. The Kier molecular flexibility index (Phi) is 6.04. The molecule has 4 rings (SSSR count). The minimum absolute atomic E-state index is 0.287. The molecule has 0 unspecified atom stereocenters. The van der Waals surface area contributed by atoms with Gasteiger partial charge in [0.15, 0.2) is 0 Å². The van der Waals surface area contributed by atoms with Gasteiger partial charge in [0.05, 0.1) is 35.7 Å². The third kappa shape index (κ3) is 4.32. The van der Waals surface area contributed by atoms with Gasteiger partial charge >= 0.3 is 0 Å². The maximum atomic E-state index is 13.0. The zero-order chi connectivity index (χ0) is 22.0. The largest absolute Gasteiger partial charge is 0.378 e. The highest BCUT2D eigenvalue weighted by atomic mass is 16.5. The summed E-state index contributed by atoms with van der Waals surface area (Å²) in [6, 6.07) is 12.3. The summed E-state index contributed by atoms with van der Waals surface area (Å²) in [5.41, 5.74) is 2.64. The van der Waals surface area contributed by atoms with Gasteiger partial charge in [-0.25, -0.2) is 0 Å². The maximum absolute atomic E-state index is 13.0. The van der Waals surface area contributed by atoms with Crippen LogP contribution in [0.2, 0.25) is 0 Å². The molecule has 7 heteroatoms. The zero-order valence-corrected chi connectivity index (χ0v) is 17.9. The number of nitrogens with one attached hydrogen (secondary N) is 1. The van der Waals surface area contributed by atoms with E-state index in [0.717, 1.165) is 25.2 Å². The number of nitrogens with zero attached hydrogens (tertiary/aromatic N) is 2. The van der Waals surface area contributed by atoms with Gasteiger partial charge in [-0.05, 0) is 42.7 Å². The van der Waals surface area contributed by atoms with Crippen molar-refractivity contribution in [3.8, 4) is 0 Å². The van der Waals surface area contributed by atoms with Gasteiger partial charge in [-0.15, -0.1) is 0 Å². The number of benzene rings is 2. The smallest absolute Gasteiger partial charge is 0.261 e. The van der Waals surface area contributed by atoms with Crippen molar-refractivity contribution in [2.24, 2.45) is 5.92 Å². The Hall–Kier alpha value is -3.19. The summed E-state index contributed by atoms with van der Waals surface area (Å²) in [5, 5.41) is 2.96. The number of rotatable bonds is 6. The molecule has 162 valence electrons. The molecule has 1 fully saturated rings. The molecule has 31 heavy (non-hydrogen) atoms. The maximum Gasteiger partial charge on any atom is 0.261 e. The number of fused-ring (bicyclic) bond motifs is 1. The van der Waals surface area contributed by atoms with E-state index in [0.29, 0.717) is 48.1 Å². The normalized spacial score (nSPS) is 16.1. The Morgan fingerprint density at radius 3 is 2.48 bits per heavy atom.